The SMILES string of the molecule is CC1(c2ccccc2)c2ccccc2-c2c(N(c3ccc(-c4ccc5ccccc5c4)cc3)c3cccc(-c4ccc(-c5cccc6ccccc56)cc4)c3)cccc21. The van der Waals surface area contributed by atoms with E-state index in [1.807, 2.05) is 0 Å². The van der Waals surface area contributed by atoms with Crippen molar-refractivity contribution in [3.05, 3.63) is 247 Å². The molecule has 1 atom stereocenters. The maximum absolute atomic E-state index is 2.46. The maximum Gasteiger partial charge on any atom is 0.0543 e. The first kappa shape index (κ1) is 34.7. The van der Waals surface area contributed by atoms with E-state index in [1.165, 1.54) is 82.7 Å². The molecule has 59 heavy (non-hydrogen) atoms. The fourth-order valence-corrected chi connectivity index (χ4v) is 9.53. The van der Waals surface area contributed by atoms with Crippen molar-refractivity contribution in [1.29, 1.82) is 0 Å². The van der Waals surface area contributed by atoms with Gasteiger partial charge in [0.25, 0.3) is 0 Å². The van der Waals surface area contributed by atoms with Gasteiger partial charge in [0.15, 0.2) is 0 Å². The largest absolute Gasteiger partial charge is 0.310 e. The minimum atomic E-state index is -0.303. The van der Waals surface area contributed by atoms with Gasteiger partial charge in [-0.1, -0.05) is 194 Å². The van der Waals surface area contributed by atoms with Crippen LogP contribution in [-0.2, 0) is 5.41 Å². The molecule has 0 aromatic heterocycles. The summed E-state index contributed by atoms with van der Waals surface area (Å²) in [5, 5.41) is 5.03. The van der Waals surface area contributed by atoms with Gasteiger partial charge in [-0.3, -0.25) is 0 Å². The van der Waals surface area contributed by atoms with Crippen LogP contribution in [0.3, 0.4) is 0 Å². The molecule has 1 unspecified atom stereocenters. The monoisotopic (exact) mass is 751 g/mol. The van der Waals surface area contributed by atoms with Crippen LogP contribution in [0.5, 0.6) is 0 Å². The van der Waals surface area contributed by atoms with Crippen molar-refractivity contribution < 1.29 is 0 Å². The lowest BCUT2D eigenvalue weighted by Gasteiger charge is -2.31. The molecular weight excluding hydrogens is 711 g/mol. The van der Waals surface area contributed by atoms with Gasteiger partial charge in [0, 0.05) is 22.4 Å². The van der Waals surface area contributed by atoms with Crippen LogP contribution < -0.4 is 4.90 Å². The van der Waals surface area contributed by atoms with Gasteiger partial charge >= 0.3 is 0 Å². The quantitative estimate of drug-likeness (QED) is 0.157. The summed E-state index contributed by atoms with van der Waals surface area (Å²) in [6.07, 6.45) is 0. The molecule has 0 fully saturated rings. The van der Waals surface area contributed by atoms with Crippen molar-refractivity contribution in [1.82, 2.24) is 0 Å². The zero-order valence-corrected chi connectivity index (χ0v) is 32.9. The molecule has 0 N–H and O–H groups in total. The number of hydrogen-bond donors (Lipinski definition) is 0. The van der Waals surface area contributed by atoms with Gasteiger partial charge in [0.05, 0.1) is 5.69 Å². The Morgan fingerprint density at radius 3 is 1.75 bits per heavy atom. The van der Waals surface area contributed by atoms with Gasteiger partial charge in [-0.25, -0.2) is 0 Å². The van der Waals surface area contributed by atoms with E-state index in [2.05, 4.69) is 242 Å². The van der Waals surface area contributed by atoms with Crippen LogP contribution >= 0.6 is 0 Å². The molecule has 0 heterocycles. The molecular formula is C58H41N. The third-order valence-corrected chi connectivity index (χ3v) is 12.5. The molecule has 10 aromatic carbocycles. The predicted octanol–water partition coefficient (Wildman–Crippen LogP) is 15.8. The van der Waals surface area contributed by atoms with Crippen LogP contribution in [0.2, 0.25) is 0 Å². The fraction of sp³-hybridized carbons (Fsp3) is 0.0345. The summed E-state index contributed by atoms with van der Waals surface area (Å²) in [6.45, 7) is 2.39. The number of anilines is 3. The summed E-state index contributed by atoms with van der Waals surface area (Å²) in [7, 11) is 0. The highest BCUT2D eigenvalue weighted by Crippen LogP contribution is 2.56. The van der Waals surface area contributed by atoms with Crippen molar-refractivity contribution in [3.63, 3.8) is 0 Å². The van der Waals surface area contributed by atoms with E-state index < -0.39 is 0 Å². The average molecular weight is 752 g/mol. The number of fused-ring (bicyclic) bond motifs is 5. The second-order valence-corrected chi connectivity index (χ2v) is 15.8. The molecule has 0 spiro atoms. The lowest BCUT2D eigenvalue weighted by atomic mass is 9.74. The minimum Gasteiger partial charge on any atom is -0.310 e. The normalized spacial score (nSPS) is 14.3. The standard InChI is InChI=1S/C58H41N/c1-58(48-19-3-2-4-20-48)54-25-10-9-23-53(54)57-55(58)26-13-27-56(57)59(49-36-34-42(35-37-49)47-33-30-40-14-5-6-16-45(40)38-47)50-21-11-18-46(39-50)41-28-31-44(32-29-41)52-24-12-17-43-15-7-8-22-51(43)52/h2-39H,1H3. The first-order valence-corrected chi connectivity index (χ1v) is 20.5. The van der Waals surface area contributed by atoms with Gasteiger partial charge in [-0.2, -0.15) is 0 Å². The summed E-state index contributed by atoms with van der Waals surface area (Å²) in [6, 6.07) is 84.6. The van der Waals surface area contributed by atoms with Gasteiger partial charge in [0.1, 0.15) is 0 Å². The first-order chi connectivity index (χ1) is 29.1. The summed E-state index contributed by atoms with van der Waals surface area (Å²) in [4.78, 5) is 2.46. The molecule has 0 aliphatic heterocycles. The molecule has 0 bridgehead atoms. The van der Waals surface area contributed by atoms with E-state index in [9.17, 15) is 0 Å². The molecule has 0 saturated heterocycles. The van der Waals surface area contributed by atoms with E-state index in [-0.39, 0.29) is 5.41 Å². The van der Waals surface area contributed by atoms with E-state index in [0.717, 1.165) is 17.1 Å². The first-order valence-electron chi connectivity index (χ1n) is 20.5. The van der Waals surface area contributed by atoms with E-state index in [0.29, 0.717) is 0 Å². The van der Waals surface area contributed by atoms with Crippen LogP contribution in [0.4, 0.5) is 17.1 Å². The second kappa shape index (κ2) is 14.2. The molecule has 1 heteroatoms. The highest BCUT2D eigenvalue weighted by atomic mass is 15.1. The van der Waals surface area contributed by atoms with Gasteiger partial charge in [-0.15, -0.1) is 0 Å². The summed E-state index contributed by atoms with van der Waals surface area (Å²) in [5.74, 6) is 0. The summed E-state index contributed by atoms with van der Waals surface area (Å²) < 4.78 is 0. The molecule has 1 nitrogen and oxygen atoms in total. The van der Waals surface area contributed by atoms with Crippen molar-refractivity contribution in [2.45, 2.75) is 12.3 Å². The smallest absolute Gasteiger partial charge is 0.0543 e. The number of hydrogen-bond acceptors (Lipinski definition) is 1. The molecule has 1 aliphatic rings. The molecule has 0 saturated carbocycles. The van der Waals surface area contributed by atoms with Crippen molar-refractivity contribution >= 4 is 38.6 Å². The Morgan fingerprint density at radius 2 is 0.915 bits per heavy atom. The molecule has 1 aliphatic carbocycles. The van der Waals surface area contributed by atoms with E-state index in [1.54, 1.807) is 0 Å². The zero-order valence-electron chi connectivity index (χ0n) is 32.9. The molecule has 0 radical (unpaired) electrons. The topological polar surface area (TPSA) is 3.24 Å². The van der Waals surface area contributed by atoms with Gasteiger partial charge in [0.2, 0.25) is 0 Å². The average Bonchev–Trinajstić information content (AvgIpc) is 3.58. The Kier molecular flexibility index (Phi) is 8.34. The zero-order chi connectivity index (χ0) is 39.3. The van der Waals surface area contributed by atoms with Crippen LogP contribution in [0, 0.1) is 0 Å². The summed E-state index contributed by atoms with van der Waals surface area (Å²) in [5.41, 5.74) is 16.8. The van der Waals surface area contributed by atoms with Crippen molar-refractivity contribution in [2.75, 3.05) is 4.90 Å². The Labute approximate surface area is 346 Å². The maximum atomic E-state index is 2.46. The Hall–Kier alpha value is -7.48. The van der Waals surface area contributed by atoms with Crippen molar-refractivity contribution in [3.8, 4) is 44.5 Å². The second-order valence-electron chi connectivity index (χ2n) is 15.8. The third kappa shape index (κ3) is 5.86. The van der Waals surface area contributed by atoms with E-state index in [4.69, 9.17) is 0 Å². The van der Waals surface area contributed by atoms with E-state index >= 15 is 0 Å². The highest BCUT2D eigenvalue weighted by molar-refractivity contribution is 5.98. The van der Waals surface area contributed by atoms with Crippen molar-refractivity contribution in [2.24, 2.45) is 0 Å². The number of nitrogens with zero attached hydrogens (tertiary/aromatic N) is 1. The Bertz CT molecular complexity index is 3150. The molecule has 10 aromatic rings. The van der Waals surface area contributed by atoms with Crippen LogP contribution in [0.15, 0.2) is 231 Å². The molecule has 278 valence electrons. The predicted molar refractivity (Wildman–Crippen MR) is 250 cm³/mol. The third-order valence-electron chi connectivity index (χ3n) is 12.5. The number of rotatable bonds is 7. The number of benzene rings is 10. The molecule has 11 rings (SSSR count). The minimum absolute atomic E-state index is 0.303. The van der Waals surface area contributed by atoms with Gasteiger partial charge in [-0.05, 0) is 121 Å². The summed E-state index contributed by atoms with van der Waals surface area (Å²) >= 11 is 0. The Balaban J connectivity index is 1.06. The van der Waals surface area contributed by atoms with Gasteiger partial charge < -0.3 is 4.90 Å². The van der Waals surface area contributed by atoms with Crippen LogP contribution in [0.1, 0.15) is 23.6 Å². The lowest BCUT2D eigenvalue weighted by Crippen LogP contribution is -2.22. The Morgan fingerprint density at radius 1 is 0.339 bits per heavy atom. The van der Waals surface area contributed by atoms with Crippen LogP contribution in [0.25, 0.3) is 66.1 Å². The van der Waals surface area contributed by atoms with Crippen LogP contribution in [-0.4, -0.2) is 0 Å². The fourth-order valence-electron chi connectivity index (χ4n) is 9.53. The highest BCUT2D eigenvalue weighted by Gasteiger charge is 2.42. The lowest BCUT2D eigenvalue weighted by molar-refractivity contribution is 0.714. The molecule has 0 amide bonds.